The van der Waals surface area contributed by atoms with Gasteiger partial charge in [0.2, 0.25) is 5.91 Å². The molecule has 2 aromatic rings. The molecule has 1 unspecified atom stereocenters. The molecule has 1 saturated carbocycles. The van der Waals surface area contributed by atoms with Crippen LogP contribution in [0.3, 0.4) is 0 Å². The highest BCUT2D eigenvalue weighted by molar-refractivity contribution is 5.82. The second-order valence-corrected chi connectivity index (χ2v) is 8.93. The van der Waals surface area contributed by atoms with E-state index in [9.17, 15) is 18.0 Å². The average Bonchev–Trinajstić information content (AvgIpc) is 2.74. The summed E-state index contributed by atoms with van der Waals surface area (Å²) in [5.74, 6) is 0.340. The Labute approximate surface area is 194 Å². The number of benzene rings is 2. The summed E-state index contributed by atoms with van der Waals surface area (Å²) >= 11 is 0. The minimum absolute atomic E-state index is 0.0836. The van der Waals surface area contributed by atoms with Crippen molar-refractivity contribution < 1.29 is 18.0 Å². The Morgan fingerprint density at radius 2 is 1.82 bits per heavy atom. The van der Waals surface area contributed by atoms with Gasteiger partial charge in [-0.2, -0.15) is 13.2 Å². The van der Waals surface area contributed by atoms with E-state index in [2.05, 4.69) is 24.1 Å². The SMILES string of the molecule is C=C(NCC(C(=O)NCCCC)C1CCC1)c1ccc(C)cc1-c1ccc(C(F)(F)F)cc1. The van der Waals surface area contributed by atoms with E-state index in [0.717, 1.165) is 60.9 Å². The smallest absolute Gasteiger partial charge is 0.384 e. The van der Waals surface area contributed by atoms with E-state index in [-0.39, 0.29) is 11.8 Å². The zero-order valence-corrected chi connectivity index (χ0v) is 19.4. The summed E-state index contributed by atoms with van der Waals surface area (Å²) in [5, 5.41) is 6.41. The summed E-state index contributed by atoms with van der Waals surface area (Å²) in [6.45, 7) is 9.40. The van der Waals surface area contributed by atoms with Crippen LogP contribution in [0.1, 0.15) is 55.7 Å². The van der Waals surface area contributed by atoms with Crippen molar-refractivity contribution in [3.05, 3.63) is 65.7 Å². The van der Waals surface area contributed by atoms with Crippen LogP contribution in [0.25, 0.3) is 16.8 Å². The van der Waals surface area contributed by atoms with Crippen LogP contribution in [0.2, 0.25) is 0 Å². The first-order valence-corrected chi connectivity index (χ1v) is 11.7. The van der Waals surface area contributed by atoms with E-state index in [1.807, 2.05) is 25.1 Å². The molecule has 1 atom stereocenters. The molecule has 1 aliphatic rings. The quantitative estimate of drug-likeness (QED) is 0.395. The number of amides is 1. The number of rotatable bonds is 10. The van der Waals surface area contributed by atoms with E-state index < -0.39 is 11.7 Å². The van der Waals surface area contributed by atoms with Gasteiger partial charge in [0.1, 0.15) is 0 Å². The van der Waals surface area contributed by atoms with Gasteiger partial charge in [0.05, 0.1) is 11.5 Å². The van der Waals surface area contributed by atoms with Crippen LogP contribution in [0, 0.1) is 18.8 Å². The molecule has 3 rings (SSSR count). The maximum Gasteiger partial charge on any atom is 0.416 e. The Balaban J connectivity index is 1.76. The highest BCUT2D eigenvalue weighted by Crippen LogP contribution is 2.35. The van der Waals surface area contributed by atoms with Crippen LogP contribution >= 0.6 is 0 Å². The Morgan fingerprint density at radius 3 is 2.39 bits per heavy atom. The van der Waals surface area contributed by atoms with Gasteiger partial charge in [0.25, 0.3) is 0 Å². The third-order valence-electron chi connectivity index (χ3n) is 6.44. The molecule has 2 N–H and O–H groups in total. The molecule has 0 spiro atoms. The summed E-state index contributed by atoms with van der Waals surface area (Å²) in [7, 11) is 0. The molecule has 0 aromatic heterocycles. The Hall–Kier alpha value is -2.76. The lowest BCUT2D eigenvalue weighted by Gasteiger charge is -2.33. The Bertz CT molecular complexity index is 962. The predicted octanol–water partition coefficient (Wildman–Crippen LogP) is 6.57. The Kier molecular flexibility index (Phi) is 8.22. The predicted molar refractivity (Wildman–Crippen MR) is 127 cm³/mol. The summed E-state index contributed by atoms with van der Waals surface area (Å²) in [6.07, 6.45) is 0.892. The summed E-state index contributed by atoms with van der Waals surface area (Å²) in [5.41, 5.74) is 3.32. The van der Waals surface area contributed by atoms with Gasteiger partial charge in [-0.25, -0.2) is 0 Å². The Morgan fingerprint density at radius 1 is 1.12 bits per heavy atom. The lowest BCUT2D eigenvalue weighted by atomic mass is 9.75. The second kappa shape index (κ2) is 10.9. The van der Waals surface area contributed by atoms with Crippen molar-refractivity contribution in [1.29, 1.82) is 0 Å². The van der Waals surface area contributed by atoms with Crippen molar-refractivity contribution in [3.63, 3.8) is 0 Å². The molecule has 0 aliphatic heterocycles. The first kappa shape index (κ1) is 24.9. The maximum atomic E-state index is 13.0. The number of nitrogens with one attached hydrogen (secondary N) is 2. The third-order valence-corrected chi connectivity index (χ3v) is 6.44. The highest BCUT2D eigenvalue weighted by Gasteiger charge is 2.32. The van der Waals surface area contributed by atoms with E-state index >= 15 is 0 Å². The van der Waals surface area contributed by atoms with Gasteiger partial charge >= 0.3 is 6.18 Å². The zero-order valence-electron chi connectivity index (χ0n) is 19.4. The molecule has 1 fully saturated rings. The average molecular weight is 459 g/mol. The van der Waals surface area contributed by atoms with Gasteiger partial charge in [0, 0.05) is 24.4 Å². The lowest BCUT2D eigenvalue weighted by Crippen LogP contribution is -2.43. The number of aryl methyl sites for hydroxylation is 1. The van der Waals surface area contributed by atoms with Crippen LogP contribution in [0.5, 0.6) is 0 Å². The van der Waals surface area contributed by atoms with Crippen molar-refractivity contribution in [2.75, 3.05) is 13.1 Å². The van der Waals surface area contributed by atoms with Crippen molar-refractivity contribution >= 4 is 11.6 Å². The number of carbonyl (C=O) groups excluding carboxylic acids is 1. The first-order valence-electron chi connectivity index (χ1n) is 11.7. The topological polar surface area (TPSA) is 41.1 Å². The molecule has 0 saturated heterocycles. The number of unbranched alkanes of at least 4 members (excludes halogenated alkanes) is 1. The second-order valence-electron chi connectivity index (χ2n) is 8.93. The number of halogens is 3. The van der Waals surface area contributed by atoms with Crippen LogP contribution < -0.4 is 10.6 Å². The monoisotopic (exact) mass is 458 g/mol. The minimum atomic E-state index is -4.37. The highest BCUT2D eigenvalue weighted by atomic mass is 19.4. The molecule has 178 valence electrons. The summed E-state index contributed by atoms with van der Waals surface area (Å²) in [4.78, 5) is 12.8. The van der Waals surface area contributed by atoms with Crippen LogP contribution in [0.15, 0.2) is 49.0 Å². The van der Waals surface area contributed by atoms with Gasteiger partial charge in [-0.15, -0.1) is 0 Å². The lowest BCUT2D eigenvalue weighted by molar-refractivity contribution is -0.137. The number of hydrogen-bond donors (Lipinski definition) is 2. The van der Waals surface area contributed by atoms with Crippen LogP contribution in [0.4, 0.5) is 13.2 Å². The van der Waals surface area contributed by atoms with E-state index in [0.29, 0.717) is 30.3 Å². The van der Waals surface area contributed by atoms with Gasteiger partial charge < -0.3 is 10.6 Å². The number of carbonyl (C=O) groups is 1. The number of hydrogen-bond acceptors (Lipinski definition) is 2. The van der Waals surface area contributed by atoms with Gasteiger partial charge in [-0.05, 0) is 55.4 Å². The summed E-state index contributed by atoms with van der Waals surface area (Å²) in [6, 6.07) is 11.0. The minimum Gasteiger partial charge on any atom is -0.384 e. The largest absolute Gasteiger partial charge is 0.416 e. The number of alkyl halides is 3. The van der Waals surface area contributed by atoms with Crippen LogP contribution in [-0.4, -0.2) is 19.0 Å². The van der Waals surface area contributed by atoms with E-state index in [1.165, 1.54) is 12.1 Å². The molecular weight excluding hydrogens is 425 g/mol. The molecule has 0 radical (unpaired) electrons. The van der Waals surface area contributed by atoms with Crippen molar-refractivity contribution in [2.24, 2.45) is 11.8 Å². The van der Waals surface area contributed by atoms with Gasteiger partial charge in [0.15, 0.2) is 0 Å². The molecule has 33 heavy (non-hydrogen) atoms. The molecular formula is C27H33F3N2O. The molecule has 2 aromatic carbocycles. The molecule has 0 heterocycles. The van der Waals surface area contributed by atoms with Crippen LogP contribution in [-0.2, 0) is 11.0 Å². The zero-order chi connectivity index (χ0) is 24.0. The molecule has 0 bridgehead atoms. The third kappa shape index (κ3) is 6.40. The van der Waals surface area contributed by atoms with Gasteiger partial charge in [-0.3, -0.25) is 4.79 Å². The standard InChI is InChI=1S/C27H33F3N2O/c1-4-5-15-31-26(33)25(20-7-6-8-20)17-32-19(3)23-14-9-18(2)16-24(23)21-10-12-22(13-11-21)27(28,29)30/h9-14,16,20,25,32H,3-8,15,17H2,1-2H3,(H,31,33). The van der Waals surface area contributed by atoms with E-state index in [1.54, 1.807) is 0 Å². The first-order chi connectivity index (χ1) is 15.7. The fourth-order valence-electron chi connectivity index (χ4n) is 4.16. The normalized spacial score (nSPS) is 14.9. The fourth-order valence-corrected chi connectivity index (χ4v) is 4.16. The maximum absolute atomic E-state index is 13.0. The molecule has 6 heteroatoms. The molecule has 1 amide bonds. The molecule has 3 nitrogen and oxygen atoms in total. The fraction of sp³-hybridized carbons (Fsp3) is 0.444. The van der Waals surface area contributed by atoms with Crippen molar-refractivity contribution in [1.82, 2.24) is 10.6 Å². The van der Waals surface area contributed by atoms with Crippen molar-refractivity contribution in [2.45, 2.75) is 52.1 Å². The van der Waals surface area contributed by atoms with E-state index in [4.69, 9.17) is 0 Å². The molecule has 1 aliphatic carbocycles. The van der Waals surface area contributed by atoms with Gasteiger partial charge in [-0.1, -0.05) is 62.2 Å². The summed E-state index contributed by atoms with van der Waals surface area (Å²) < 4.78 is 38.9. The van der Waals surface area contributed by atoms with Crippen molar-refractivity contribution in [3.8, 4) is 11.1 Å².